The number of piperazine rings is 1. The summed E-state index contributed by atoms with van der Waals surface area (Å²) in [7, 11) is 0. The Morgan fingerprint density at radius 3 is 2.43 bits per heavy atom. The molecular formula is C22H32N4O4. The molecule has 0 radical (unpaired) electrons. The number of nitrogens with one attached hydrogen (secondary N) is 3. The Morgan fingerprint density at radius 2 is 1.87 bits per heavy atom. The number of anilines is 1. The second-order valence-electron chi connectivity index (χ2n) is 8.41. The van der Waals surface area contributed by atoms with Crippen molar-refractivity contribution >= 4 is 23.3 Å². The van der Waals surface area contributed by atoms with Gasteiger partial charge in [-0.15, -0.1) is 0 Å². The molecule has 0 aliphatic carbocycles. The molecule has 1 aromatic carbocycles. The summed E-state index contributed by atoms with van der Waals surface area (Å²) in [5.74, 6) is -0.604. The minimum absolute atomic E-state index is 0.00670. The van der Waals surface area contributed by atoms with E-state index in [1.54, 1.807) is 19.1 Å². The molecule has 30 heavy (non-hydrogen) atoms. The number of nitrogens with zero attached hydrogens (tertiary/aromatic N) is 1. The summed E-state index contributed by atoms with van der Waals surface area (Å²) in [5, 5.41) is 8.91. The molecule has 0 aromatic heterocycles. The van der Waals surface area contributed by atoms with Crippen LogP contribution >= 0.6 is 0 Å². The zero-order valence-corrected chi connectivity index (χ0v) is 17.9. The Labute approximate surface area is 177 Å². The number of ketones is 1. The third-order valence-electron chi connectivity index (χ3n) is 5.54. The van der Waals surface area contributed by atoms with Gasteiger partial charge in [-0.05, 0) is 43.5 Å². The number of benzene rings is 1. The fraction of sp³-hybridized carbons (Fsp3) is 0.591. The van der Waals surface area contributed by atoms with Gasteiger partial charge in [-0.25, -0.2) is 0 Å². The van der Waals surface area contributed by atoms with Crippen LogP contribution in [0.4, 0.5) is 5.69 Å². The number of hydrogen-bond donors (Lipinski definition) is 3. The van der Waals surface area contributed by atoms with Crippen molar-refractivity contribution < 1.29 is 19.1 Å². The topological polar surface area (TPSA) is 99.8 Å². The predicted octanol–water partition coefficient (Wildman–Crippen LogP) is 0.713. The van der Waals surface area contributed by atoms with E-state index in [1.807, 2.05) is 26.0 Å². The molecule has 164 valence electrons. The highest BCUT2D eigenvalue weighted by Gasteiger charge is 2.35. The molecule has 0 bridgehead atoms. The minimum Gasteiger partial charge on any atom is -0.369 e. The van der Waals surface area contributed by atoms with Crippen molar-refractivity contribution in [3.63, 3.8) is 0 Å². The first-order chi connectivity index (χ1) is 14.3. The van der Waals surface area contributed by atoms with Crippen LogP contribution in [-0.2, 0) is 14.3 Å². The molecule has 3 N–H and O–H groups in total. The van der Waals surface area contributed by atoms with Gasteiger partial charge in [0.2, 0.25) is 5.91 Å². The van der Waals surface area contributed by atoms with Gasteiger partial charge in [-0.1, -0.05) is 13.8 Å². The van der Waals surface area contributed by atoms with Crippen LogP contribution in [0.25, 0.3) is 0 Å². The molecule has 8 nitrogen and oxygen atoms in total. The van der Waals surface area contributed by atoms with Crippen LogP contribution in [0.3, 0.4) is 0 Å². The van der Waals surface area contributed by atoms with Crippen LogP contribution in [-0.4, -0.2) is 68.6 Å². The first-order valence-corrected chi connectivity index (χ1v) is 10.7. The number of carbonyl (C=O) groups is 3. The number of hydrogen-bond acceptors (Lipinski definition) is 6. The molecule has 1 aromatic rings. The van der Waals surface area contributed by atoms with Gasteiger partial charge in [-0.2, -0.15) is 0 Å². The van der Waals surface area contributed by atoms with Gasteiger partial charge in [-0.3, -0.25) is 14.4 Å². The average molecular weight is 417 g/mol. The van der Waals surface area contributed by atoms with Gasteiger partial charge in [0, 0.05) is 37.4 Å². The lowest BCUT2D eigenvalue weighted by molar-refractivity contribution is -0.127. The third-order valence-corrected chi connectivity index (χ3v) is 5.54. The van der Waals surface area contributed by atoms with Gasteiger partial charge < -0.3 is 25.6 Å². The van der Waals surface area contributed by atoms with Gasteiger partial charge in [0.25, 0.3) is 5.91 Å². The molecule has 8 heteroatoms. The molecule has 2 amide bonds. The monoisotopic (exact) mass is 416 g/mol. The molecule has 1 unspecified atom stereocenters. The number of Topliss-reactive ketones (excluding diaryl/α,β-unsaturated/α-hetero) is 1. The molecule has 3 rings (SSSR count). The molecular weight excluding hydrogens is 384 g/mol. The van der Waals surface area contributed by atoms with E-state index in [2.05, 4.69) is 20.9 Å². The lowest BCUT2D eigenvalue weighted by Crippen LogP contribution is -2.53. The van der Waals surface area contributed by atoms with Crippen LogP contribution in [0.5, 0.6) is 0 Å². The number of ether oxygens (including phenoxy) is 1. The Bertz CT molecular complexity index is 759. The lowest BCUT2D eigenvalue weighted by Gasteiger charge is -2.29. The Balaban J connectivity index is 1.64. The van der Waals surface area contributed by atoms with E-state index in [9.17, 15) is 14.4 Å². The molecule has 2 fully saturated rings. The smallest absolute Gasteiger partial charge is 0.251 e. The summed E-state index contributed by atoms with van der Waals surface area (Å²) in [6.07, 6.45) is 0.112. The second-order valence-corrected chi connectivity index (χ2v) is 8.41. The molecule has 2 aliphatic heterocycles. The first-order valence-electron chi connectivity index (χ1n) is 10.7. The maximum atomic E-state index is 12.8. The summed E-state index contributed by atoms with van der Waals surface area (Å²) in [6.45, 7) is 9.50. The van der Waals surface area contributed by atoms with Crippen molar-refractivity contribution in [1.29, 1.82) is 0 Å². The van der Waals surface area contributed by atoms with E-state index >= 15 is 0 Å². The minimum atomic E-state index is -0.717. The van der Waals surface area contributed by atoms with Crippen LogP contribution < -0.4 is 20.9 Å². The summed E-state index contributed by atoms with van der Waals surface area (Å²) >= 11 is 0. The zero-order chi connectivity index (χ0) is 21.7. The fourth-order valence-corrected chi connectivity index (χ4v) is 3.80. The third kappa shape index (κ3) is 5.58. The summed E-state index contributed by atoms with van der Waals surface area (Å²) in [4.78, 5) is 39.8. The van der Waals surface area contributed by atoms with Crippen LogP contribution in [0.2, 0.25) is 0 Å². The SMILES string of the molecule is CC(C)CC(NC(=O)c1ccc(N2CCNCC2)cc1)C(=O)N[C@@H]1C(=O)CO[C@@H]1C. The summed E-state index contributed by atoms with van der Waals surface area (Å²) in [6, 6.07) is 6.07. The van der Waals surface area contributed by atoms with Crippen molar-refractivity contribution in [2.45, 2.75) is 45.4 Å². The fourth-order valence-electron chi connectivity index (χ4n) is 3.80. The van der Waals surface area contributed by atoms with E-state index in [4.69, 9.17) is 4.74 Å². The van der Waals surface area contributed by atoms with Gasteiger partial charge in [0.15, 0.2) is 5.78 Å². The number of carbonyl (C=O) groups excluding carboxylic acids is 3. The van der Waals surface area contributed by atoms with Gasteiger partial charge >= 0.3 is 0 Å². The number of rotatable bonds is 7. The largest absolute Gasteiger partial charge is 0.369 e. The van der Waals surface area contributed by atoms with Crippen molar-refractivity contribution in [3.8, 4) is 0 Å². The van der Waals surface area contributed by atoms with Crippen LogP contribution in [0.15, 0.2) is 24.3 Å². The number of amides is 2. The highest BCUT2D eigenvalue weighted by molar-refractivity contribution is 5.99. The van der Waals surface area contributed by atoms with E-state index in [0.29, 0.717) is 12.0 Å². The first kappa shape index (κ1) is 22.2. The van der Waals surface area contributed by atoms with E-state index in [0.717, 1.165) is 31.9 Å². The van der Waals surface area contributed by atoms with E-state index in [1.165, 1.54) is 0 Å². The van der Waals surface area contributed by atoms with E-state index in [-0.39, 0.29) is 36.2 Å². The maximum Gasteiger partial charge on any atom is 0.251 e. The quantitative estimate of drug-likeness (QED) is 0.606. The zero-order valence-electron chi connectivity index (χ0n) is 17.9. The molecule has 0 spiro atoms. The van der Waals surface area contributed by atoms with Crippen molar-refractivity contribution in [2.75, 3.05) is 37.7 Å². The average Bonchev–Trinajstić information content (AvgIpc) is 3.05. The Hall–Kier alpha value is -2.45. The van der Waals surface area contributed by atoms with Crippen molar-refractivity contribution in [2.24, 2.45) is 5.92 Å². The summed E-state index contributed by atoms with van der Waals surface area (Å²) in [5.41, 5.74) is 1.59. The molecule has 2 heterocycles. The van der Waals surface area contributed by atoms with Gasteiger partial charge in [0.1, 0.15) is 18.7 Å². The van der Waals surface area contributed by atoms with Crippen LogP contribution in [0.1, 0.15) is 37.6 Å². The highest BCUT2D eigenvalue weighted by atomic mass is 16.5. The molecule has 0 saturated carbocycles. The van der Waals surface area contributed by atoms with Crippen molar-refractivity contribution in [1.82, 2.24) is 16.0 Å². The highest BCUT2D eigenvalue weighted by Crippen LogP contribution is 2.17. The lowest BCUT2D eigenvalue weighted by atomic mass is 10.0. The Morgan fingerprint density at radius 1 is 1.20 bits per heavy atom. The predicted molar refractivity (Wildman–Crippen MR) is 115 cm³/mol. The normalized spacial score (nSPS) is 22.8. The standard InChI is InChI=1S/C22H32N4O4/c1-14(2)12-18(22(29)25-20-15(3)30-13-19(20)27)24-21(28)16-4-6-17(7-5-16)26-10-8-23-9-11-26/h4-7,14-15,18,20,23H,8-13H2,1-3H3,(H,24,28)(H,25,29)/t15-,18?,20+/m1/s1. The molecule has 2 aliphatic rings. The summed E-state index contributed by atoms with van der Waals surface area (Å²) < 4.78 is 5.29. The molecule has 3 atom stereocenters. The van der Waals surface area contributed by atoms with E-state index < -0.39 is 12.1 Å². The second kappa shape index (κ2) is 10.0. The van der Waals surface area contributed by atoms with Crippen molar-refractivity contribution in [3.05, 3.63) is 29.8 Å². The van der Waals surface area contributed by atoms with Crippen LogP contribution in [0, 0.1) is 5.92 Å². The van der Waals surface area contributed by atoms with Gasteiger partial charge in [0.05, 0.1) is 6.10 Å². The maximum absolute atomic E-state index is 12.8. The molecule has 2 saturated heterocycles. The Kier molecular flexibility index (Phi) is 7.44.